The van der Waals surface area contributed by atoms with Crippen LogP contribution >= 0.6 is 0 Å². The van der Waals surface area contributed by atoms with Crippen LogP contribution in [0.1, 0.15) is 369 Å². The van der Waals surface area contributed by atoms with Crippen LogP contribution in [0, 0.1) is 11.8 Å². The van der Waals surface area contributed by atoms with Gasteiger partial charge in [0.05, 0.1) is 32.7 Å². The summed E-state index contributed by atoms with van der Waals surface area (Å²) in [6, 6.07) is 94.0. The first-order valence-corrected chi connectivity index (χ1v) is 49.8. The van der Waals surface area contributed by atoms with E-state index in [0.29, 0.717) is 29.6 Å². The molecular weight excluding hydrogens is 1390 g/mol. The summed E-state index contributed by atoms with van der Waals surface area (Å²) >= 11 is 0. The molecule has 0 N–H and O–H groups in total. The lowest BCUT2D eigenvalue weighted by Crippen LogP contribution is -2.21. The third kappa shape index (κ3) is 22.4. The van der Waals surface area contributed by atoms with Crippen molar-refractivity contribution in [1.29, 1.82) is 0 Å². The third-order valence-electron chi connectivity index (χ3n) is 28.2. The molecule has 0 aromatic heterocycles. The lowest BCUT2D eigenvalue weighted by atomic mass is 9.72. The zero-order valence-corrected chi connectivity index (χ0v) is 70.6. The van der Waals surface area contributed by atoms with Crippen molar-refractivity contribution in [2.75, 3.05) is 0 Å². The Labute approximate surface area is 683 Å². The van der Waals surface area contributed by atoms with Crippen LogP contribution < -0.4 is 0 Å². The first-order chi connectivity index (χ1) is 55.1. The van der Waals surface area contributed by atoms with Gasteiger partial charge in [-0.25, -0.2) is 0 Å². The predicted octanol–water partition coefficient (Wildman–Crippen LogP) is 32.8. The van der Waals surface area contributed by atoms with Gasteiger partial charge in [0, 0.05) is 0 Å². The van der Waals surface area contributed by atoms with Crippen molar-refractivity contribution >= 4 is 32.7 Å². The molecule has 9 aromatic rings. The van der Waals surface area contributed by atoms with Crippen LogP contribution in [0.2, 0.25) is 0 Å². The molecule has 0 aliphatic heterocycles. The topological polar surface area (TPSA) is 0 Å². The van der Waals surface area contributed by atoms with Crippen molar-refractivity contribution in [3.8, 4) is 0 Å². The summed E-state index contributed by atoms with van der Waals surface area (Å²) in [4.78, 5) is 13.1. The zero-order chi connectivity index (χ0) is 74.9. The van der Waals surface area contributed by atoms with Crippen LogP contribution in [0.4, 0.5) is 0 Å². The highest BCUT2D eigenvalue weighted by molar-refractivity contribution is 7.97. The SMILES string of the molecule is c1ccc([S+](c2ccc(C3CCCCCCCCC3)cc2)c2ccc(C3CCCCCC(c4cccc([S+](c5ccccc5)c5ccc(C6CCCCCC(C7CCCCCC(c8ccc([S+](c9ccc(C%10CCCCCCC%10)cc9)c9ccc(C%10CCCCCCC%10)cc9)cc8)C7)CCC6)cc5)c4)CCC3)cc2)cc1. The van der Waals surface area contributed by atoms with Crippen LogP contribution in [0.3, 0.4) is 0 Å². The fourth-order valence-corrected chi connectivity index (χ4v) is 28.0. The first kappa shape index (κ1) is 80.2. The molecule has 111 heavy (non-hydrogen) atoms. The molecule has 0 spiro atoms. The predicted molar refractivity (Wildman–Crippen MR) is 478 cm³/mol. The molecule has 6 aliphatic carbocycles. The molecule has 6 saturated carbocycles. The standard InChI is InChI=1S/C108H137S3/c1-2-6-17-36-84(37-18-7-3-1)91-58-70-102(71-59-91)109(100-53-29-15-30-54-100)103-72-64-94(65-73-103)88-43-24-13-26-45-90(51-34-49-88)99-52-35-57-108(83-99)111(101-55-31-16-32-56-101)107-78-66-95(67-79-107)87-42-23-12-25-44-89(50-33-48-87)97-46-27-14-28-47-98(82-97)96-68-80-106(81-69-96)110(104-74-60-92(61-75-104)85-38-19-8-4-9-20-39-85)105-76-62-93(63-77-105)86-40-21-10-5-11-22-41-86/h15-16,29-32,35,52-81,83-90,97-98H,1-14,17-28,33-34,36-51,82H2/q+3. The fraction of sp³-hybridized carbons (Fsp3) is 0.500. The molecule has 15 rings (SSSR count). The van der Waals surface area contributed by atoms with Gasteiger partial charge in [0.2, 0.25) is 0 Å². The lowest BCUT2D eigenvalue weighted by Gasteiger charge is -2.34. The summed E-state index contributed by atoms with van der Waals surface area (Å²) in [6.45, 7) is 0. The number of rotatable bonds is 17. The Morgan fingerprint density at radius 1 is 0.144 bits per heavy atom. The third-order valence-corrected chi connectivity index (χ3v) is 34.9. The normalized spacial score (nSPS) is 23.6. The maximum atomic E-state index is 2.66. The minimum atomic E-state index is -0.185. The van der Waals surface area contributed by atoms with Crippen molar-refractivity contribution in [3.05, 3.63) is 269 Å². The minimum Gasteiger partial charge on any atom is -0.0619 e. The van der Waals surface area contributed by atoms with E-state index in [2.05, 4.69) is 231 Å². The maximum absolute atomic E-state index is 2.66. The maximum Gasteiger partial charge on any atom is 0.166 e. The van der Waals surface area contributed by atoms with Crippen LogP contribution in [0.25, 0.3) is 0 Å². The highest BCUT2D eigenvalue weighted by Gasteiger charge is 2.36. The Morgan fingerprint density at radius 3 is 0.676 bits per heavy atom. The lowest BCUT2D eigenvalue weighted by molar-refractivity contribution is 0.212. The molecule has 8 unspecified atom stereocenters. The quantitative estimate of drug-likeness (QED) is 0.0797. The van der Waals surface area contributed by atoms with E-state index in [-0.39, 0.29) is 32.7 Å². The average Bonchev–Trinajstić information content (AvgIpc) is 0.805. The summed E-state index contributed by atoms with van der Waals surface area (Å²) < 4.78 is 0. The van der Waals surface area contributed by atoms with Gasteiger partial charge in [-0.15, -0.1) is 0 Å². The van der Waals surface area contributed by atoms with Gasteiger partial charge in [-0.1, -0.05) is 320 Å². The van der Waals surface area contributed by atoms with E-state index in [1.54, 1.807) is 38.9 Å². The summed E-state index contributed by atoms with van der Waals surface area (Å²) in [7, 11) is -0.470. The van der Waals surface area contributed by atoms with Gasteiger partial charge in [0.25, 0.3) is 0 Å². The molecular formula is C108H137S3+3. The molecule has 9 aromatic carbocycles. The van der Waals surface area contributed by atoms with Crippen LogP contribution in [-0.4, -0.2) is 0 Å². The Morgan fingerprint density at radius 2 is 0.351 bits per heavy atom. The Balaban J connectivity index is 0.588. The van der Waals surface area contributed by atoms with Crippen molar-refractivity contribution in [2.24, 2.45) is 11.8 Å². The van der Waals surface area contributed by atoms with Gasteiger partial charge in [-0.3, -0.25) is 0 Å². The van der Waals surface area contributed by atoms with Crippen molar-refractivity contribution in [2.45, 2.75) is 374 Å². The largest absolute Gasteiger partial charge is 0.166 e. The van der Waals surface area contributed by atoms with E-state index in [4.69, 9.17) is 0 Å². The highest BCUT2D eigenvalue weighted by atomic mass is 32.2. The summed E-state index contributed by atoms with van der Waals surface area (Å²) in [5.41, 5.74) is 11.0. The molecule has 3 heteroatoms. The molecule has 584 valence electrons. The molecule has 6 aliphatic rings. The second kappa shape index (κ2) is 42.6. The molecule has 8 atom stereocenters. The molecule has 0 bridgehead atoms. The molecule has 0 heterocycles. The molecule has 0 saturated heterocycles. The van der Waals surface area contributed by atoms with E-state index in [1.807, 2.05) is 0 Å². The molecule has 0 nitrogen and oxygen atoms in total. The van der Waals surface area contributed by atoms with E-state index >= 15 is 0 Å². The van der Waals surface area contributed by atoms with Crippen LogP contribution in [0.15, 0.2) is 275 Å². The highest BCUT2D eigenvalue weighted by Crippen LogP contribution is 2.47. The van der Waals surface area contributed by atoms with Crippen molar-refractivity contribution in [3.63, 3.8) is 0 Å². The van der Waals surface area contributed by atoms with E-state index in [0.717, 1.165) is 23.7 Å². The molecule has 0 amide bonds. The van der Waals surface area contributed by atoms with Gasteiger partial charge in [0.1, 0.15) is 0 Å². The minimum absolute atomic E-state index is 0.141. The second-order valence-electron chi connectivity index (χ2n) is 35.7. The van der Waals surface area contributed by atoms with Gasteiger partial charge < -0.3 is 0 Å². The Bertz CT molecular complexity index is 4030. The van der Waals surface area contributed by atoms with Crippen molar-refractivity contribution in [1.82, 2.24) is 0 Å². The van der Waals surface area contributed by atoms with E-state index in [1.165, 1.54) is 333 Å². The Kier molecular flexibility index (Phi) is 30.8. The fourth-order valence-electron chi connectivity index (χ4n) is 21.7. The monoisotopic (exact) mass is 1530 g/mol. The van der Waals surface area contributed by atoms with Gasteiger partial charge in [-0.2, -0.15) is 0 Å². The van der Waals surface area contributed by atoms with Gasteiger partial charge >= 0.3 is 0 Å². The van der Waals surface area contributed by atoms with Crippen LogP contribution in [-0.2, 0) is 32.7 Å². The molecule has 0 radical (unpaired) electrons. The number of hydrogen-bond acceptors (Lipinski definition) is 0. The second-order valence-corrected chi connectivity index (χ2v) is 41.8. The van der Waals surface area contributed by atoms with E-state index in [9.17, 15) is 0 Å². The summed E-state index contributed by atoms with van der Waals surface area (Å²) in [5, 5.41) is 0. The Hall–Kier alpha value is -5.97. The zero-order valence-electron chi connectivity index (χ0n) is 68.2. The smallest absolute Gasteiger partial charge is 0.0619 e. The van der Waals surface area contributed by atoms with Gasteiger partial charge in [0.15, 0.2) is 44.1 Å². The van der Waals surface area contributed by atoms with Gasteiger partial charge in [-0.05, 0) is 291 Å². The van der Waals surface area contributed by atoms with E-state index < -0.39 is 0 Å². The average molecular weight is 1530 g/mol. The number of benzene rings is 9. The number of hydrogen-bond donors (Lipinski definition) is 0. The van der Waals surface area contributed by atoms with Crippen molar-refractivity contribution < 1.29 is 0 Å². The van der Waals surface area contributed by atoms with Crippen LogP contribution in [0.5, 0.6) is 0 Å². The molecule has 6 fully saturated rings. The summed E-state index contributed by atoms with van der Waals surface area (Å²) in [5.74, 6) is 6.33. The summed E-state index contributed by atoms with van der Waals surface area (Å²) in [6.07, 6.45) is 61.7. The first-order valence-electron chi connectivity index (χ1n) is 46.1.